The van der Waals surface area contributed by atoms with Gasteiger partial charge in [-0.15, -0.1) is 11.8 Å². The third-order valence-corrected chi connectivity index (χ3v) is 4.78. The number of benzene rings is 2. The van der Waals surface area contributed by atoms with Crippen molar-refractivity contribution in [1.29, 1.82) is 0 Å². The van der Waals surface area contributed by atoms with E-state index >= 15 is 0 Å². The van der Waals surface area contributed by atoms with Gasteiger partial charge in [-0.25, -0.2) is 14.6 Å². The number of anilines is 1. The molecule has 0 saturated carbocycles. The van der Waals surface area contributed by atoms with Crippen LogP contribution in [0.15, 0.2) is 71.1 Å². The predicted octanol–water partition coefficient (Wildman–Crippen LogP) is 3.99. The van der Waals surface area contributed by atoms with Crippen LogP contribution in [0.3, 0.4) is 0 Å². The van der Waals surface area contributed by atoms with Crippen LogP contribution in [-0.4, -0.2) is 39.3 Å². The molecule has 0 radical (unpaired) electrons. The summed E-state index contributed by atoms with van der Waals surface area (Å²) in [7, 11) is 1.64. The molecule has 4 aromatic rings. The van der Waals surface area contributed by atoms with E-state index in [2.05, 4.69) is 20.5 Å². The van der Waals surface area contributed by atoms with Crippen LogP contribution in [0, 0.1) is 0 Å². The number of hydrogen-bond donors (Lipinski definition) is 1. The van der Waals surface area contributed by atoms with E-state index in [1.165, 1.54) is 6.33 Å². The van der Waals surface area contributed by atoms with Gasteiger partial charge in [0.25, 0.3) is 0 Å². The number of hydrogen-bond acceptors (Lipinski definition) is 7. The van der Waals surface area contributed by atoms with E-state index in [0.29, 0.717) is 5.82 Å². The number of ether oxygens (including phenoxy) is 1. The van der Waals surface area contributed by atoms with Crippen LogP contribution in [0.1, 0.15) is 5.56 Å². The molecule has 8 heteroatoms. The summed E-state index contributed by atoms with van der Waals surface area (Å²) in [5.41, 5.74) is 5.61. The van der Waals surface area contributed by atoms with Crippen LogP contribution in [0.5, 0.6) is 5.75 Å². The van der Waals surface area contributed by atoms with E-state index < -0.39 is 0 Å². The summed E-state index contributed by atoms with van der Waals surface area (Å²) in [6, 6.07) is 17.6. The van der Waals surface area contributed by atoms with Crippen LogP contribution in [0.4, 0.5) is 5.82 Å². The second kappa shape index (κ2) is 8.10. The van der Waals surface area contributed by atoms with Crippen molar-refractivity contribution < 1.29 is 4.74 Å². The lowest BCUT2D eigenvalue weighted by Gasteiger charge is -2.04. The number of hydrazone groups is 1. The highest BCUT2D eigenvalue weighted by atomic mass is 32.2. The Morgan fingerprint density at radius 1 is 1.11 bits per heavy atom. The Morgan fingerprint density at radius 3 is 2.75 bits per heavy atom. The fourth-order valence-corrected chi connectivity index (χ4v) is 3.34. The Hall–Kier alpha value is -3.39. The van der Waals surface area contributed by atoms with Crippen molar-refractivity contribution in [1.82, 2.24) is 19.7 Å². The maximum atomic E-state index is 5.24. The molecule has 0 aliphatic carbocycles. The van der Waals surface area contributed by atoms with Gasteiger partial charge in [0.1, 0.15) is 17.1 Å². The molecular formula is C20H18N6OS. The fourth-order valence-electron chi connectivity index (χ4n) is 2.79. The quantitative estimate of drug-likeness (QED) is 0.305. The zero-order chi connectivity index (χ0) is 19.3. The van der Waals surface area contributed by atoms with Gasteiger partial charge in [-0.1, -0.05) is 30.3 Å². The second-order valence-electron chi connectivity index (χ2n) is 5.82. The van der Waals surface area contributed by atoms with Gasteiger partial charge in [-0.2, -0.15) is 10.2 Å². The smallest absolute Gasteiger partial charge is 0.169 e. The van der Waals surface area contributed by atoms with Gasteiger partial charge < -0.3 is 4.74 Å². The van der Waals surface area contributed by atoms with E-state index in [0.717, 1.165) is 33.1 Å². The van der Waals surface area contributed by atoms with E-state index in [4.69, 9.17) is 9.84 Å². The average Bonchev–Trinajstić information content (AvgIpc) is 3.14. The molecule has 140 valence electrons. The molecule has 0 atom stereocenters. The maximum absolute atomic E-state index is 5.24. The Labute approximate surface area is 166 Å². The van der Waals surface area contributed by atoms with E-state index in [-0.39, 0.29) is 0 Å². The monoisotopic (exact) mass is 390 g/mol. The zero-order valence-corrected chi connectivity index (χ0v) is 16.2. The zero-order valence-electron chi connectivity index (χ0n) is 15.4. The summed E-state index contributed by atoms with van der Waals surface area (Å²) in [6.45, 7) is 0. The first-order chi connectivity index (χ1) is 13.8. The van der Waals surface area contributed by atoms with E-state index in [1.54, 1.807) is 25.1 Å². The molecule has 1 N–H and O–H groups in total. The van der Waals surface area contributed by atoms with Crippen LogP contribution in [0.25, 0.3) is 16.7 Å². The summed E-state index contributed by atoms with van der Waals surface area (Å²) >= 11 is 1.54. The van der Waals surface area contributed by atoms with E-state index in [1.807, 2.05) is 65.5 Å². The molecule has 0 aliphatic rings. The number of fused-ring (bicyclic) bond motifs is 1. The first-order valence-electron chi connectivity index (χ1n) is 8.56. The summed E-state index contributed by atoms with van der Waals surface area (Å²) in [5.74, 6) is 1.39. The van der Waals surface area contributed by atoms with Gasteiger partial charge in [0, 0.05) is 0 Å². The molecule has 4 rings (SSSR count). The Kier molecular flexibility index (Phi) is 5.20. The molecule has 28 heavy (non-hydrogen) atoms. The molecule has 0 unspecified atom stereocenters. The van der Waals surface area contributed by atoms with E-state index in [9.17, 15) is 0 Å². The van der Waals surface area contributed by atoms with Gasteiger partial charge in [-0.05, 0) is 36.1 Å². The molecule has 0 bridgehead atoms. The molecule has 2 aromatic heterocycles. The minimum atomic E-state index is 0.607. The van der Waals surface area contributed by atoms with Crippen molar-refractivity contribution in [3.05, 3.63) is 66.5 Å². The maximum Gasteiger partial charge on any atom is 0.169 e. The van der Waals surface area contributed by atoms with Crippen molar-refractivity contribution in [2.24, 2.45) is 5.10 Å². The van der Waals surface area contributed by atoms with Gasteiger partial charge in [0.2, 0.25) is 0 Å². The molecular weight excluding hydrogens is 372 g/mol. The molecule has 7 nitrogen and oxygen atoms in total. The second-order valence-corrected chi connectivity index (χ2v) is 6.62. The average molecular weight is 390 g/mol. The third kappa shape index (κ3) is 3.54. The highest BCUT2D eigenvalue weighted by Crippen LogP contribution is 2.31. The Balaban J connectivity index is 1.70. The highest BCUT2D eigenvalue weighted by molar-refractivity contribution is 7.98. The summed E-state index contributed by atoms with van der Waals surface area (Å²) in [5, 5.41) is 10.7. The van der Waals surface area contributed by atoms with Crippen molar-refractivity contribution in [3.8, 4) is 11.4 Å². The Bertz CT molecular complexity index is 1130. The summed E-state index contributed by atoms with van der Waals surface area (Å²) < 4.78 is 7.05. The minimum absolute atomic E-state index is 0.607. The number of nitrogens with one attached hydrogen (secondary N) is 1. The topological polar surface area (TPSA) is 77.2 Å². The first kappa shape index (κ1) is 18.0. The number of rotatable bonds is 6. The fraction of sp³-hybridized carbons (Fsp3) is 0.100. The lowest BCUT2D eigenvalue weighted by molar-refractivity contribution is 0.415. The van der Waals surface area contributed by atoms with Crippen molar-refractivity contribution in [3.63, 3.8) is 0 Å². The predicted molar refractivity (Wildman–Crippen MR) is 113 cm³/mol. The van der Waals surface area contributed by atoms with Gasteiger partial charge >= 0.3 is 0 Å². The van der Waals surface area contributed by atoms with Gasteiger partial charge in [0.15, 0.2) is 11.5 Å². The molecule has 0 saturated heterocycles. The lowest BCUT2D eigenvalue weighted by Crippen LogP contribution is -1.99. The van der Waals surface area contributed by atoms with Gasteiger partial charge in [0.05, 0.1) is 24.4 Å². The Morgan fingerprint density at radius 2 is 1.96 bits per heavy atom. The number of nitrogens with zero attached hydrogens (tertiary/aromatic N) is 5. The lowest BCUT2D eigenvalue weighted by atomic mass is 10.2. The molecule has 2 heterocycles. The van der Waals surface area contributed by atoms with Crippen LogP contribution in [-0.2, 0) is 0 Å². The highest BCUT2D eigenvalue weighted by Gasteiger charge is 2.17. The van der Waals surface area contributed by atoms with Crippen molar-refractivity contribution in [2.45, 2.75) is 5.03 Å². The van der Waals surface area contributed by atoms with Crippen LogP contribution < -0.4 is 10.2 Å². The number of aromatic nitrogens is 4. The van der Waals surface area contributed by atoms with Crippen molar-refractivity contribution >= 4 is 34.8 Å². The first-order valence-corrected chi connectivity index (χ1v) is 9.79. The third-order valence-electron chi connectivity index (χ3n) is 4.10. The van der Waals surface area contributed by atoms with Gasteiger partial charge in [-0.3, -0.25) is 5.43 Å². The number of methoxy groups -OCH3 is 1. The van der Waals surface area contributed by atoms with Crippen molar-refractivity contribution in [2.75, 3.05) is 18.8 Å². The minimum Gasteiger partial charge on any atom is -0.497 e. The molecule has 0 spiro atoms. The SMILES string of the molecule is COc1cccc(/C=N/Nc2ncnc3c2c(SC)nn3-c2ccccc2)c1. The molecule has 0 aliphatic heterocycles. The van der Waals surface area contributed by atoms with Crippen LogP contribution in [0.2, 0.25) is 0 Å². The standard InChI is InChI=1S/C20H18N6OS/c1-27-16-10-6-7-14(11-16)12-23-24-18-17-19(22-13-21-18)26(25-20(17)28-2)15-8-4-3-5-9-15/h3-13H,1-2H3,(H,21,22,24)/b23-12+. The summed E-state index contributed by atoms with van der Waals surface area (Å²) in [4.78, 5) is 8.80. The largest absolute Gasteiger partial charge is 0.497 e. The normalized spacial score (nSPS) is 11.2. The molecule has 0 amide bonds. The molecule has 0 fully saturated rings. The molecule has 2 aromatic carbocycles. The summed E-state index contributed by atoms with van der Waals surface area (Å²) in [6.07, 6.45) is 5.21. The van der Waals surface area contributed by atoms with Crippen LogP contribution >= 0.6 is 11.8 Å². The number of para-hydroxylation sites is 1. The number of thioether (sulfide) groups is 1.